The minimum absolute atomic E-state index is 0.359. The third-order valence-electron chi connectivity index (χ3n) is 3.56. The molecular weight excluding hydrogens is 318 g/mol. The molecule has 0 fully saturated rings. The molecule has 0 saturated heterocycles. The molecule has 0 aliphatic carbocycles. The van der Waals surface area contributed by atoms with Crippen LogP contribution in [0.15, 0.2) is 36.5 Å². The highest BCUT2D eigenvalue weighted by atomic mass is 16.2. The fourth-order valence-corrected chi connectivity index (χ4v) is 2.43. The SMILES string of the molecule is C=C(C)CN(CC)C(=O)C(=O)Nc1ccc(-n2nc(C)cc2C)nc1. The van der Waals surface area contributed by atoms with Crippen LogP contribution in [0.4, 0.5) is 5.69 Å². The molecule has 0 unspecified atom stereocenters. The van der Waals surface area contributed by atoms with E-state index in [2.05, 4.69) is 22.0 Å². The fraction of sp³-hybridized carbons (Fsp3) is 0.333. The van der Waals surface area contributed by atoms with E-state index < -0.39 is 11.8 Å². The third-order valence-corrected chi connectivity index (χ3v) is 3.56. The first-order valence-corrected chi connectivity index (χ1v) is 8.06. The van der Waals surface area contributed by atoms with Crippen LogP contribution in [-0.4, -0.2) is 44.6 Å². The highest BCUT2D eigenvalue weighted by Crippen LogP contribution is 2.13. The van der Waals surface area contributed by atoms with Gasteiger partial charge in [0, 0.05) is 18.8 Å². The smallest absolute Gasteiger partial charge is 0.313 e. The second-order valence-corrected chi connectivity index (χ2v) is 5.97. The molecule has 132 valence electrons. The lowest BCUT2D eigenvalue weighted by Crippen LogP contribution is -2.40. The van der Waals surface area contributed by atoms with Crippen LogP contribution in [0.2, 0.25) is 0 Å². The first-order chi connectivity index (χ1) is 11.8. The summed E-state index contributed by atoms with van der Waals surface area (Å²) in [6, 6.07) is 5.39. The van der Waals surface area contributed by atoms with Crippen molar-refractivity contribution in [3.63, 3.8) is 0 Å². The summed E-state index contributed by atoms with van der Waals surface area (Å²) in [6.07, 6.45) is 1.51. The molecule has 0 spiro atoms. The second-order valence-electron chi connectivity index (χ2n) is 5.97. The van der Waals surface area contributed by atoms with Crippen LogP contribution in [0.1, 0.15) is 25.2 Å². The van der Waals surface area contributed by atoms with E-state index in [9.17, 15) is 9.59 Å². The lowest BCUT2D eigenvalue weighted by molar-refractivity contribution is -0.142. The van der Waals surface area contributed by atoms with Gasteiger partial charge in [0.1, 0.15) is 0 Å². The molecule has 0 bridgehead atoms. The molecule has 0 atom stereocenters. The van der Waals surface area contributed by atoms with Gasteiger partial charge in [-0.25, -0.2) is 9.67 Å². The first kappa shape index (κ1) is 18.4. The van der Waals surface area contributed by atoms with Crippen molar-refractivity contribution >= 4 is 17.5 Å². The van der Waals surface area contributed by atoms with Crippen molar-refractivity contribution in [3.05, 3.63) is 47.9 Å². The van der Waals surface area contributed by atoms with Gasteiger partial charge in [0.05, 0.1) is 17.6 Å². The molecule has 0 aliphatic heterocycles. The van der Waals surface area contributed by atoms with Gasteiger partial charge < -0.3 is 10.2 Å². The number of likely N-dealkylation sites (N-methyl/N-ethyl adjacent to an activating group) is 1. The lowest BCUT2D eigenvalue weighted by atomic mass is 10.3. The molecule has 7 nitrogen and oxygen atoms in total. The van der Waals surface area contributed by atoms with Gasteiger partial charge in [0.15, 0.2) is 5.82 Å². The van der Waals surface area contributed by atoms with E-state index in [1.807, 2.05) is 33.8 Å². The highest BCUT2D eigenvalue weighted by Gasteiger charge is 2.20. The minimum atomic E-state index is -0.691. The number of aryl methyl sites for hydroxylation is 2. The normalized spacial score (nSPS) is 10.4. The molecule has 2 rings (SSSR count). The zero-order valence-corrected chi connectivity index (χ0v) is 15.0. The van der Waals surface area contributed by atoms with Crippen LogP contribution >= 0.6 is 0 Å². The van der Waals surface area contributed by atoms with Crippen molar-refractivity contribution in [1.29, 1.82) is 0 Å². The van der Waals surface area contributed by atoms with Gasteiger partial charge in [0.2, 0.25) is 0 Å². The number of aromatic nitrogens is 3. The zero-order valence-electron chi connectivity index (χ0n) is 15.0. The van der Waals surface area contributed by atoms with Crippen LogP contribution in [0.25, 0.3) is 5.82 Å². The molecule has 2 aromatic rings. The Labute approximate surface area is 147 Å². The van der Waals surface area contributed by atoms with Crippen molar-refractivity contribution < 1.29 is 9.59 Å². The summed E-state index contributed by atoms with van der Waals surface area (Å²) in [5.74, 6) is -0.635. The van der Waals surface area contributed by atoms with E-state index in [1.54, 1.807) is 16.8 Å². The topological polar surface area (TPSA) is 80.1 Å². The number of pyridine rings is 1. The predicted octanol–water partition coefficient (Wildman–Crippen LogP) is 2.25. The summed E-state index contributed by atoms with van der Waals surface area (Å²) in [4.78, 5) is 30.1. The number of hydrogen-bond acceptors (Lipinski definition) is 4. The van der Waals surface area contributed by atoms with Gasteiger partial charge in [-0.2, -0.15) is 5.10 Å². The summed E-state index contributed by atoms with van der Waals surface area (Å²) >= 11 is 0. The van der Waals surface area contributed by atoms with Crippen molar-refractivity contribution in [2.75, 3.05) is 18.4 Å². The van der Waals surface area contributed by atoms with Crippen LogP contribution < -0.4 is 5.32 Å². The Kier molecular flexibility index (Phi) is 5.69. The molecule has 25 heavy (non-hydrogen) atoms. The maximum absolute atomic E-state index is 12.2. The van der Waals surface area contributed by atoms with Gasteiger partial charge in [-0.3, -0.25) is 9.59 Å². The fourth-order valence-electron chi connectivity index (χ4n) is 2.43. The van der Waals surface area contributed by atoms with E-state index in [0.717, 1.165) is 17.0 Å². The van der Waals surface area contributed by atoms with E-state index in [4.69, 9.17) is 0 Å². The Morgan fingerprint density at radius 2 is 2.04 bits per heavy atom. The second kappa shape index (κ2) is 7.74. The number of anilines is 1. The number of hydrogen-bond donors (Lipinski definition) is 1. The summed E-state index contributed by atoms with van der Waals surface area (Å²) in [5, 5.41) is 6.94. The van der Waals surface area contributed by atoms with Gasteiger partial charge in [-0.1, -0.05) is 12.2 Å². The van der Waals surface area contributed by atoms with Crippen LogP contribution in [-0.2, 0) is 9.59 Å². The zero-order chi connectivity index (χ0) is 18.6. The van der Waals surface area contributed by atoms with Gasteiger partial charge in [-0.15, -0.1) is 0 Å². The van der Waals surface area contributed by atoms with E-state index in [0.29, 0.717) is 24.6 Å². The largest absolute Gasteiger partial charge is 0.331 e. The van der Waals surface area contributed by atoms with Crippen LogP contribution in [0.3, 0.4) is 0 Å². The Morgan fingerprint density at radius 3 is 2.52 bits per heavy atom. The molecule has 1 N–H and O–H groups in total. The van der Waals surface area contributed by atoms with Gasteiger partial charge in [-0.05, 0) is 45.9 Å². The molecule has 2 amide bonds. The number of rotatable bonds is 5. The van der Waals surface area contributed by atoms with E-state index in [-0.39, 0.29) is 0 Å². The number of amides is 2. The quantitative estimate of drug-likeness (QED) is 0.668. The predicted molar refractivity (Wildman–Crippen MR) is 96.5 cm³/mol. The number of carbonyl (C=O) groups is 2. The first-order valence-electron chi connectivity index (χ1n) is 8.06. The lowest BCUT2D eigenvalue weighted by Gasteiger charge is -2.20. The maximum atomic E-state index is 12.2. The van der Waals surface area contributed by atoms with Crippen molar-refractivity contribution in [3.8, 4) is 5.82 Å². The highest BCUT2D eigenvalue weighted by molar-refractivity contribution is 6.39. The van der Waals surface area contributed by atoms with Gasteiger partial charge >= 0.3 is 11.8 Å². The molecule has 2 heterocycles. The van der Waals surface area contributed by atoms with Gasteiger partial charge in [0.25, 0.3) is 0 Å². The average molecular weight is 341 g/mol. The standard InChI is InChI=1S/C18H23N5O2/c1-6-22(11-12(2)3)18(25)17(24)20-15-7-8-16(19-10-15)23-14(5)9-13(4)21-23/h7-10H,2,6,11H2,1,3-5H3,(H,20,24). The maximum Gasteiger partial charge on any atom is 0.313 e. The molecule has 0 aliphatic rings. The third kappa shape index (κ3) is 4.53. The minimum Gasteiger partial charge on any atom is -0.331 e. The number of nitrogens with zero attached hydrogens (tertiary/aromatic N) is 4. The Balaban J connectivity index is 2.07. The van der Waals surface area contributed by atoms with Crippen molar-refractivity contribution in [2.45, 2.75) is 27.7 Å². The molecular formula is C18H23N5O2. The summed E-state index contributed by atoms with van der Waals surface area (Å²) in [5.41, 5.74) is 3.14. The Morgan fingerprint density at radius 1 is 1.32 bits per heavy atom. The van der Waals surface area contributed by atoms with Crippen LogP contribution in [0.5, 0.6) is 0 Å². The summed E-state index contributed by atoms with van der Waals surface area (Å²) in [6.45, 7) is 12.1. The van der Waals surface area contributed by atoms with E-state index in [1.165, 1.54) is 11.1 Å². The Bertz CT molecular complexity index is 792. The molecule has 2 aromatic heterocycles. The van der Waals surface area contributed by atoms with E-state index >= 15 is 0 Å². The molecule has 0 aromatic carbocycles. The van der Waals surface area contributed by atoms with Crippen molar-refractivity contribution in [2.24, 2.45) is 0 Å². The molecule has 7 heteroatoms. The van der Waals surface area contributed by atoms with Crippen molar-refractivity contribution in [1.82, 2.24) is 19.7 Å². The Hall–Kier alpha value is -2.96. The number of carbonyl (C=O) groups excluding carboxylic acids is 2. The molecule has 0 radical (unpaired) electrons. The number of nitrogens with one attached hydrogen (secondary N) is 1. The summed E-state index contributed by atoms with van der Waals surface area (Å²) in [7, 11) is 0. The average Bonchev–Trinajstić information content (AvgIpc) is 2.90. The monoisotopic (exact) mass is 341 g/mol. The summed E-state index contributed by atoms with van der Waals surface area (Å²) < 4.78 is 1.72. The van der Waals surface area contributed by atoms with Crippen LogP contribution in [0, 0.1) is 13.8 Å². The molecule has 0 saturated carbocycles.